The average molecular weight is 465 g/mol. The van der Waals surface area contributed by atoms with Crippen molar-refractivity contribution < 1.29 is 22.2 Å². The molecule has 0 unspecified atom stereocenters. The van der Waals surface area contributed by atoms with Crippen LogP contribution < -0.4 is 10.6 Å². The van der Waals surface area contributed by atoms with Gasteiger partial charge in [0.05, 0.1) is 5.02 Å². The number of thioether (sulfide) groups is 1. The van der Waals surface area contributed by atoms with Crippen LogP contribution in [0.25, 0.3) is 22.4 Å². The van der Waals surface area contributed by atoms with Crippen molar-refractivity contribution in [2.24, 2.45) is 0 Å². The molecule has 3 aromatic rings. The summed E-state index contributed by atoms with van der Waals surface area (Å²) in [6.45, 7) is -1.39. The summed E-state index contributed by atoms with van der Waals surface area (Å²) < 4.78 is 37.3. The molecule has 0 fully saturated rings. The molecule has 0 aromatic carbocycles. The van der Waals surface area contributed by atoms with Crippen LogP contribution in [0.5, 0.6) is 0 Å². The Balaban J connectivity index is 0.00000341. The standard InChI is InChI=1S/C18H18ClF3N6OS.3H2/c1-30-5-3-13(17(29)26-9-18(20,21)22)27-14-2-4-23-16(28-14)12-8-25-15-11(12)6-10(19)7-24-15;;;/h2,4,6-8,13H,3,5,9H2,1H3,(H,24,25)(H,26,29)(H,23,27,28);3*1H/t13-;;;/m1.../s1. The highest BCUT2D eigenvalue weighted by molar-refractivity contribution is 7.98. The molecule has 0 saturated carbocycles. The van der Waals surface area contributed by atoms with E-state index >= 15 is 0 Å². The largest absolute Gasteiger partial charge is 0.405 e. The summed E-state index contributed by atoms with van der Waals surface area (Å²) in [5.74, 6) is 0.513. The second-order valence-electron chi connectivity index (χ2n) is 6.33. The van der Waals surface area contributed by atoms with Gasteiger partial charge < -0.3 is 15.6 Å². The van der Waals surface area contributed by atoms with Gasteiger partial charge in [0, 0.05) is 33.8 Å². The summed E-state index contributed by atoms with van der Waals surface area (Å²) in [4.78, 5) is 28.1. The van der Waals surface area contributed by atoms with Crippen LogP contribution in [-0.2, 0) is 4.79 Å². The quantitative estimate of drug-likeness (QED) is 0.450. The molecule has 0 radical (unpaired) electrons. The van der Waals surface area contributed by atoms with Crippen LogP contribution in [0.4, 0.5) is 19.0 Å². The molecule has 30 heavy (non-hydrogen) atoms. The minimum Gasteiger partial charge on any atom is -0.358 e. The maximum atomic E-state index is 12.4. The summed E-state index contributed by atoms with van der Waals surface area (Å²) in [5, 5.41) is 6.01. The fourth-order valence-corrected chi connectivity index (χ4v) is 3.35. The highest BCUT2D eigenvalue weighted by atomic mass is 35.5. The zero-order chi connectivity index (χ0) is 21.7. The number of hydrogen-bond acceptors (Lipinski definition) is 6. The van der Waals surface area contributed by atoms with Gasteiger partial charge in [0.25, 0.3) is 0 Å². The zero-order valence-corrected chi connectivity index (χ0v) is 17.3. The van der Waals surface area contributed by atoms with Crippen molar-refractivity contribution >= 4 is 46.1 Å². The van der Waals surface area contributed by atoms with Gasteiger partial charge in [-0.05, 0) is 30.6 Å². The lowest BCUT2D eigenvalue weighted by molar-refractivity contribution is -0.138. The minimum absolute atomic E-state index is 0. The Hall–Kier alpha value is -2.53. The van der Waals surface area contributed by atoms with Crippen LogP contribution >= 0.6 is 23.4 Å². The normalized spacial score (nSPS) is 12.7. The Labute approximate surface area is 183 Å². The maximum absolute atomic E-state index is 12.4. The van der Waals surface area contributed by atoms with Gasteiger partial charge in [-0.25, -0.2) is 15.0 Å². The fraction of sp³-hybridized carbons (Fsp3) is 0.333. The predicted octanol–water partition coefficient (Wildman–Crippen LogP) is 4.62. The van der Waals surface area contributed by atoms with Crippen molar-refractivity contribution in [2.45, 2.75) is 18.6 Å². The summed E-state index contributed by atoms with van der Waals surface area (Å²) in [7, 11) is 0. The maximum Gasteiger partial charge on any atom is 0.405 e. The zero-order valence-electron chi connectivity index (χ0n) is 15.8. The van der Waals surface area contributed by atoms with E-state index in [1.807, 2.05) is 11.6 Å². The third-order valence-corrected chi connectivity index (χ3v) is 4.96. The molecule has 0 aliphatic heterocycles. The third-order valence-electron chi connectivity index (χ3n) is 4.11. The molecule has 0 aliphatic rings. The molecule has 0 spiro atoms. The van der Waals surface area contributed by atoms with Gasteiger partial charge in [-0.1, -0.05) is 11.6 Å². The number of pyridine rings is 1. The number of hydrogen-bond donors (Lipinski definition) is 3. The van der Waals surface area contributed by atoms with E-state index in [1.54, 1.807) is 18.3 Å². The lowest BCUT2D eigenvalue weighted by atomic mass is 10.2. The molecule has 3 aromatic heterocycles. The van der Waals surface area contributed by atoms with Gasteiger partial charge in [-0.2, -0.15) is 24.9 Å². The van der Waals surface area contributed by atoms with Crippen molar-refractivity contribution in [3.8, 4) is 11.4 Å². The molecule has 3 rings (SSSR count). The Kier molecular flexibility index (Phi) is 7.03. The summed E-state index contributed by atoms with van der Waals surface area (Å²) >= 11 is 7.51. The van der Waals surface area contributed by atoms with Crippen molar-refractivity contribution in [2.75, 3.05) is 23.9 Å². The molecule has 3 N–H and O–H groups in total. The van der Waals surface area contributed by atoms with Gasteiger partial charge in [-0.15, -0.1) is 0 Å². The number of halogens is 4. The van der Waals surface area contributed by atoms with E-state index in [-0.39, 0.29) is 4.28 Å². The number of rotatable bonds is 8. The average Bonchev–Trinajstić information content (AvgIpc) is 3.12. The van der Waals surface area contributed by atoms with Gasteiger partial charge in [-0.3, -0.25) is 4.79 Å². The number of carbonyl (C=O) groups excluding carboxylic acids is 1. The molecule has 0 bridgehead atoms. The van der Waals surface area contributed by atoms with E-state index in [0.717, 1.165) is 5.39 Å². The summed E-state index contributed by atoms with van der Waals surface area (Å²) in [6.07, 6.45) is 2.40. The molecule has 3 heterocycles. The van der Waals surface area contributed by atoms with Crippen LogP contribution in [0.15, 0.2) is 30.7 Å². The van der Waals surface area contributed by atoms with E-state index < -0.39 is 24.7 Å². The summed E-state index contributed by atoms with van der Waals surface area (Å²) in [6, 6.07) is 2.40. The van der Waals surface area contributed by atoms with Crippen LogP contribution in [0.3, 0.4) is 0 Å². The Morgan fingerprint density at radius 1 is 1.40 bits per heavy atom. The number of carbonyl (C=O) groups is 1. The first-order chi connectivity index (χ1) is 14.3. The van der Waals surface area contributed by atoms with Crippen molar-refractivity contribution in [1.29, 1.82) is 0 Å². The highest BCUT2D eigenvalue weighted by Crippen LogP contribution is 2.27. The number of fused-ring (bicyclic) bond motifs is 1. The first kappa shape index (κ1) is 22.2. The molecule has 12 heteroatoms. The van der Waals surface area contributed by atoms with E-state index in [2.05, 4.69) is 25.3 Å². The lowest BCUT2D eigenvalue weighted by Gasteiger charge is -2.19. The molecular formula is C18H24ClF3N6OS. The summed E-state index contributed by atoms with van der Waals surface area (Å²) in [5.41, 5.74) is 1.27. The smallest absolute Gasteiger partial charge is 0.358 e. The van der Waals surface area contributed by atoms with Gasteiger partial charge in [0.15, 0.2) is 5.82 Å². The first-order valence-corrected chi connectivity index (χ1v) is 10.6. The Morgan fingerprint density at radius 3 is 2.93 bits per heavy atom. The van der Waals surface area contributed by atoms with Crippen molar-refractivity contribution in [3.63, 3.8) is 0 Å². The number of nitrogens with one attached hydrogen (secondary N) is 3. The Morgan fingerprint density at radius 2 is 2.20 bits per heavy atom. The molecule has 7 nitrogen and oxygen atoms in total. The number of aromatic nitrogens is 4. The van der Waals surface area contributed by atoms with Crippen molar-refractivity contribution in [1.82, 2.24) is 25.3 Å². The third kappa shape index (κ3) is 5.76. The van der Waals surface area contributed by atoms with Crippen LogP contribution in [0.2, 0.25) is 5.02 Å². The van der Waals surface area contributed by atoms with E-state index in [9.17, 15) is 18.0 Å². The second kappa shape index (κ2) is 9.52. The number of nitrogens with zero attached hydrogens (tertiary/aromatic N) is 3. The number of alkyl halides is 3. The fourth-order valence-electron chi connectivity index (χ4n) is 2.73. The van der Waals surface area contributed by atoms with Gasteiger partial charge in [0.1, 0.15) is 24.1 Å². The molecule has 0 saturated heterocycles. The van der Waals surface area contributed by atoms with Gasteiger partial charge >= 0.3 is 6.18 Å². The molecule has 166 valence electrons. The lowest BCUT2D eigenvalue weighted by Crippen LogP contribution is -2.44. The highest BCUT2D eigenvalue weighted by Gasteiger charge is 2.29. The number of H-pyrrole nitrogens is 1. The van der Waals surface area contributed by atoms with Crippen molar-refractivity contribution in [3.05, 3.63) is 35.7 Å². The predicted molar refractivity (Wildman–Crippen MR) is 118 cm³/mol. The number of aromatic amines is 1. The van der Waals surface area contributed by atoms with E-state index in [1.165, 1.54) is 24.2 Å². The number of amides is 1. The topological polar surface area (TPSA) is 95.6 Å². The second-order valence-corrected chi connectivity index (χ2v) is 7.75. The Bertz CT molecular complexity index is 1040. The monoisotopic (exact) mass is 464 g/mol. The van der Waals surface area contributed by atoms with E-state index in [4.69, 9.17) is 11.6 Å². The molecule has 1 amide bonds. The van der Waals surface area contributed by atoms with Crippen LogP contribution in [0, 0.1) is 0 Å². The van der Waals surface area contributed by atoms with Crippen LogP contribution in [0.1, 0.15) is 10.7 Å². The van der Waals surface area contributed by atoms with Crippen LogP contribution in [-0.4, -0.2) is 56.6 Å². The number of anilines is 1. The minimum atomic E-state index is -4.48. The van der Waals surface area contributed by atoms with E-state index in [0.29, 0.717) is 40.0 Å². The molecule has 0 aliphatic carbocycles. The molecular weight excluding hydrogens is 441 g/mol. The first-order valence-electron chi connectivity index (χ1n) is 8.83. The SMILES string of the molecule is CSCC[C@@H](Nc1ccnc(-c2c[nH]c3ncc(Cl)cc23)n1)C(=O)NCC(F)(F)F.[HH].[HH].[HH]. The molecule has 1 atom stereocenters. The van der Waals surface area contributed by atoms with Gasteiger partial charge in [0.2, 0.25) is 5.91 Å².